The molecule has 29 heavy (non-hydrogen) atoms. The van der Waals surface area contributed by atoms with Crippen LogP contribution in [0, 0.1) is 25.2 Å². The monoisotopic (exact) mass is 394 g/mol. The number of hydrogen-bond acceptors (Lipinski definition) is 4. The molecule has 1 aromatic carbocycles. The quantitative estimate of drug-likeness (QED) is 0.785. The molecule has 0 unspecified atom stereocenters. The van der Waals surface area contributed by atoms with Gasteiger partial charge in [-0.15, -0.1) is 0 Å². The number of nitriles is 1. The SMILES string of the molecule is Cc1cc2c(cc1C#N)c(B1OC(C)(C)C(C)(C)O1)c(C)n2C1CCC(O)CC1. The first-order valence-electron chi connectivity index (χ1n) is 10.6. The second-order valence-corrected chi connectivity index (χ2v) is 9.72. The maximum atomic E-state index is 9.98. The van der Waals surface area contributed by atoms with Crippen LogP contribution in [0.4, 0.5) is 0 Å². The molecule has 0 bridgehead atoms. The van der Waals surface area contributed by atoms with Crippen molar-refractivity contribution in [3.63, 3.8) is 0 Å². The van der Waals surface area contributed by atoms with E-state index in [4.69, 9.17) is 9.31 Å². The number of nitrogens with zero attached hydrogens (tertiary/aromatic N) is 2. The van der Waals surface area contributed by atoms with Gasteiger partial charge >= 0.3 is 7.12 Å². The van der Waals surface area contributed by atoms with E-state index in [1.807, 2.05) is 13.0 Å². The highest BCUT2D eigenvalue weighted by Crippen LogP contribution is 2.39. The molecule has 0 spiro atoms. The van der Waals surface area contributed by atoms with E-state index in [1.165, 1.54) is 0 Å². The van der Waals surface area contributed by atoms with E-state index in [-0.39, 0.29) is 6.10 Å². The van der Waals surface area contributed by atoms with Crippen LogP contribution in [0.3, 0.4) is 0 Å². The molecule has 1 saturated carbocycles. The third kappa shape index (κ3) is 3.20. The molecular weight excluding hydrogens is 363 g/mol. The molecule has 154 valence electrons. The van der Waals surface area contributed by atoms with Crippen LogP contribution in [0.15, 0.2) is 12.1 Å². The lowest BCUT2D eigenvalue weighted by Crippen LogP contribution is -2.41. The number of aromatic nitrogens is 1. The summed E-state index contributed by atoms with van der Waals surface area (Å²) in [7, 11) is -0.466. The topological polar surface area (TPSA) is 67.4 Å². The Labute approximate surface area is 173 Å². The molecule has 5 nitrogen and oxygen atoms in total. The molecule has 1 saturated heterocycles. The normalized spacial score (nSPS) is 26.1. The minimum absolute atomic E-state index is 0.192. The lowest BCUT2D eigenvalue weighted by molar-refractivity contribution is 0.00578. The Hall–Kier alpha value is -1.81. The van der Waals surface area contributed by atoms with Crippen LogP contribution in [-0.2, 0) is 9.31 Å². The van der Waals surface area contributed by atoms with E-state index < -0.39 is 18.3 Å². The Kier molecular flexibility index (Phi) is 4.85. The Balaban J connectivity index is 1.90. The number of fused-ring (bicyclic) bond motifs is 1. The summed E-state index contributed by atoms with van der Waals surface area (Å²) in [5.41, 5.74) is 4.12. The predicted molar refractivity (Wildman–Crippen MR) is 115 cm³/mol. The summed E-state index contributed by atoms with van der Waals surface area (Å²) < 4.78 is 15.2. The first-order chi connectivity index (χ1) is 13.6. The number of aryl methyl sites for hydroxylation is 1. The standard InChI is InChI=1S/C23H31BN2O3/c1-14-11-20-19(12-16(14)13-25)21(24-28-22(3,4)23(5,6)29-24)15(2)26(20)17-7-9-18(27)10-8-17/h11-12,17-18,27H,7-10H2,1-6H3. The molecule has 1 aromatic heterocycles. The van der Waals surface area contributed by atoms with Gasteiger partial charge in [0.15, 0.2) is 0 Å². The fourth-order valence-electron chi connectivity index (χ4n) is 4.78. The van der Waals surface area contributed by atoms with Gasteiger partial charge in [-0.25, -0.2) is 0 Å². The molecule has 0 radical (unpaired) electrons. The summed E-state index contributed by atoms with van der Waals surface area (Å²) in [6.45, 7) is 12.4. The smallest absolute Gasteiger partial charge is 0.399 e. The van der Waals surface area contributed by atoms with E-state index >= 15 is 0 Å². The Morgan fingerprint density at radius 1 is 1.07 bits per heavy atom. The van der Waals surface area contributed by atoms with Gasteiger partial charge in [0.25, 0.3) is 0 Å². The highest BCUT2D eigenvalue weighted by atomic mass is 16.7. The van der Waals surface area contributed by atoms with Crippen molar-refractivity contribution in [2.45, 2.75) is 90.6 Å². The first kappa shape index (κ1) is 20.5. The lowest BCUT2D eigenvalue weighted by Gasteiger charge is -2.32. The minimum atomic E-state index is -0.466. The number of rotatable bonds is 2. The lowest BCUT2D eigenvalue weighted by atomic mass is 9.76. The molecule has 1 aliphatic heterocycles. The molecule has 2 aromatic rings. The van der Waals surface area contributed by atoms with E-state index in [0.717, 1.165) is 53.3 Å². The summed E-state index contributed by atoms with van der Waals surface area (Å²) in [5.74, 6) is 0. The van der Waals surface area contributed by atoms with Crippen molar-refractivity contribution in [2.24, 2.45) is 0 Å². The highest BCUT2D eigenvalue weighted by Gasteiger charge is 2.53. The number of benzene rings is 1. The summed E-state index contributed by atoms with van der Waals surface area (Å²) in [6.07, 6.45) is 3.36. The van der Waals surface area contributed by atoms with Gasteiger partial charge in [-0.2, -0.15) is 5.26 Å². The second kappa shape index (κ2) is 6.87. The zero-order valence-electron chi connectivity index (χ0n) is 18.4. The Morgan fingerprint density at radius 3 is 2.21 bits per heavy atom. The third-order valence-electron chi connectivity index (χ3n) is 7.28. The Morgan fingerprint density at radius 2 is 1.66 bits per heavy atom. The third-order valence-corrected chi connectivity index (χ3v) is 7.28. The van der Waals surface area contributed by atoms with Crippen molar-refractivity contribution in [3.8, 4) is 6.07 Å². The summed E-state index contributed by atoms with van der Waals surface area (Å²) in [4.78, 5) is 0. The van der Waals surface area contributed by atoms with Gasteiger partial charge < -0.3 is 19.0 Å². The number of aliphatic hydroxyl groups is 1. The summed E-state index contributed by atoms with van der Waals surface area (Å²) >= 11 is 0. The van der Waals surface area contributed by atoms with Crippen molar-refractivity contribution in [3.05, 3.63) is 29.0 Å². The van der Waals surface area contributed by atoms with Crippen LogP contribution in [0.25, 0.3) is 10.9 Å². The van der Waals surface area contributed by atoms with Gasteiger partial charge in [0.1, 0.15) is 0 Å². The average Bonchev–Trinajstić information content (AvgIpc) is 3.03. The van der Waals surface area contributed by atoms with Crippen molar-refractivity contribution in [2.75, 3.05) is 0 Å². The van der Waals surface area contributed by atoms with E-state index in [1.54, 1.807) is 0 Å². The second-order valence-electron chi connectivity index (χ2n) is 9.72. The molecule has 1 aliphatic carbocycles. The van der Waals surface area contributed by atoms with Crippen molar-refractivity contribution >= 4 is 23.5 Å². The maximum absolute atomic E-state index is 9.98. The van der Waals surface area contributed by atoms with Gasteiger partial charge in [0.05, 0.1) is 28.9 Å². The highest BCUT2D eigenvalue weighted by molar-refractivity contribution is 6.65. The zero-order valence-corrected chi connectivity index (χ0v) is 18.4. The Bertz CT molecular complexity index is 978. The number of hydrogen-bond donors (Lipinski definition) is 1. The van der Waals surface area contributed by atoms with Crippen molar-refractivity contribution in [1.82, 2.24) is 4.57 Å². The van der Waals surface area contributed by atoms with Crippen molar-refractivity contribution < 1.29 is 14.4 Å². The van der Waals surface area contributed by atoms with Gasteiger partial charge in [-0.1, -0.05) is 0 Å². The van der Waals surface area contributed by atoms with E-state index in [2.05, 4.69) is 51.3 Å². The fourth-order valence-corrected chi connectivity index (χ4v) is 4.78. The van der Waals surface area contributed by atoms with Gasteiger partial charge in [-0.05, 0) is 84.9 Å². The molecule has 0 atom stereocenters. The van der Waals surface area contributed by atoms with Gasteiger partial charge in [0.2, 0.25) is 0 Å². The van der Waals surface area contributed by atoms with Crippen LogP contribution in [-0.4, -0.2) is 34.1 Å². The van der Waals surface area contributed by atoms with Gasteiger partial charge in [-0.3, -0.25) is 0 Å². The molecule has 2 heterocycles. The number of aliphatic hydroxyl groups excluding tert-OH is 1. The summed E-state index contributed by atoms with van der Waals surface area (Å²) in [6, 6.07) is 6.78. The largest absolute Gasteiger partial charge is 0.497 e. The molecule has 2 fully saturated rings. The maximum Gasteiger partial charge on any atom is 0.497 e. The molecule has 1 N–H and O–H groups in total. The van der Waals surface area contributed by atoms with E-state index in [0.29, 0.717) is 11.6 Å². The van der Waals surface area contributed by atoms with Crippen LogP contribution in [0.1, 0.15) is 76.2 Å². The fraction of sp³-hybridized carbons (Fsp3) is 0.609. The van der Waals surface area contributed by atoms with Crippen molar-refractivity contribution in [1.29, 1.82) is 5.26 Å². The molecule has 2 aliphatic rings. The summed E-state index contributed by atoms with van der Waals surface area (Å²) in [5, 5.41) is 20.6. The van der Waals surface area contributed by atoms with Crippen LogP contribution < -0.4 is 5.46 Å². The minimum Gasteiger partial charge on any atom is -0.399 e. The molecular formula is C23H31BN2O3. The molecule has 4 rings (SSSR count). The van der Waals surface area contributed by atoms with E-state index in [9.17, 15) is 10.4 Å². The van der Waals surface area contributed by atoms with Crippen LogP contribution in [0.2, 0.25) is 0 Å². The first-order valence-corrected chi connectivity index (χ1v) is 10.6. The molecule has 0 amide bonds. The molecule has 6 heteroatoms. The van der Waals surface area contributed by atoms with Crippen LogP contribution in [0.5, 0.6) is 0 Å². The zero-order chi connectivity index (χ0) is 21.1. The van der Waals surface area contributed by atoms with Gasteiger partial charge in [0, 0.05) is 28.1 Å². The average molecular weight is 394 g/mol. The predicted octanol–water partition coefficient (Wildman–Crippen LogP) is 3.91. The van der Waals surface area contributed by atoms with Crippen LogP contribution >= 0.6 is 0 Å².